The summed E-state index contributed by atoms with van der Waals surface area (Å²) in [5.41, 5.74) is 0. The molecule has 2 heteroatoms. The number of Topliss-reactive ketones (excluding diaryl/α,β-unsaturated/α-hetero) is 1. The summed E-state index contributed by atoms with van der Waals surface area (Å²) in [4.78, 5) is 13.8. The summed E-state index contributed by atoms with van der Waals surface area (Å²) in [6, 6.07) is 0.844. The number of ketones is 1. The van der Waals surface area contributed by atoms with E-state index in [1.165, 1.54) is 12.8 Å². The van der Waals surface area contributed by atoms with Crippen LogP contribution in [0.15, 0.2) is 0 Å². The molecule has 2 nitrogen and oxygen atoms in total. The zero-order valence-corrected chi connectivity index (χ0v) is 8.46. The van der Waals surface area contributed by atoms with E-state index in [0.717, 1.165) is 38.3 Å². The van der Waals surface area contributed by atoms with Gasteiger partial charge in [-0.3, -0.25) is 4.79 Å². The van der Waals surface area contributed by atoms with Crippen molar-refractivity contribution in [1.29, 1.82) is 0 Å². The van der Waals surface area contributed by atoms with Gasteiger partial charge in [-0.1, -0.05) is 0 Å². The van der Waals surface area contributed by atoms with Crippen molar-refractivity contribution >= 4 is 5.78 Å². The van der Waals surface area contributed by atoms with Gasteiger partial charge in [-0.15, -0.1) is 0 Å². The summed E-state index contributed by atoms with van der Waals surface area (Å²) >= 11 is 0. The summed E-state index contributed by atoms with van der Waals surface area (Å²) < 4.78 is 0. The van der Waals surface area contributed by atoms with Crippen LogP contribution in [0.1, 0.15) is 38.5 Å². The van der Waals surface area contributed by atoms with Crippen molar-refractivity contribution in [2.24, 2.45) is 5.92 Å². The Hall–Kier alpha value is -0.370. The third-order valence-corrected chi connectivity index (χ3v) is 3.43. The first-order valence-corrected chi connectivity index (χ1v) is 5.50. The molecular weight excluding hydrogens is 162 g/mol. The van der Waals surface area contributed by atoms with Crippen molar-refractivity contribution in [2.45, 2.75) is 44.6 Å². The first kappa shape index (κ1) is 9.20. The maximum atomic E-state index is 11.4. The average molecular weight is 181 g/mol. The van der Waals surface area contributed by atoms with Gasteiger partial charge in [0, 0.05) is 18.4 Å². The summed E-state index contributed by atoms with van der Waals surface area (Å²) in [5, 5.41) is 0. The fourth-order valence-corrected chi connectivity index (χ4v) is 2.25. The fourth-order valence-electron chi connectivity index (χ4n) is 2.25. The van der Waals surface area contributed by atoms with Crippen LogP contribution in [-0.4, -0.2) is 30.3 Å². The molecule has 0 aromatic carbocycles. The summed E-state index contributed by atoms with van der Waals surface area (Å²) in [6.45, 7) is 1.13. The smallest absolute Gasteiger partial charge is 0.136 e. The van der Waals surface area contributed by atoms with Gasteiger partial charge in [0.2, 0.25) is 0 Å². The molecule has 0 spiro atoms. The number of nitrogens with zero attached hydrogens (tertiary/aromatic N) is 1. The predicted octanol–water partition coefficient (Wildman–Crippen LogP) is 1.84. The van der Waals surface area contributed by atoms with Gasteiger partial charge >= 0.3 is 0 Å². The highest BCUT2D eigenvalue weighted by atomic mass is 16.1. The van der Waals surface area contributed by atoms with E-state index in [2.05, 4.69) is 11.9 Å². The minimum absolute atomic E-state index is 0.404. The Morgan fingerprint density at radius 1 is 1.38 bits per heavy atom. The zero-order valence-electron chi connectivity index (χ0n) is 8.46. The van der Waals surface area contributed by atoms with E-state index in [1.807, 2.05) is 0 Å². The van der Waals surface area contributed by atoms with Gasteiger partial charge in [0.25, 0.3) is 0 Å². The maximum absolute atomic E-state index is 11.4. The highest BCUT2D eigenvalue weighted by Gasteiger charge is 2.28. The monoisotopic (exact) mass is 181 g/mol. The minimum Gasteiger partial charge on any atom is -0.303 e. The molecule has 2 aliphatic rings. The van der Waals surface area contributed by atoms with Gasteiger partial charge < -0.3 is 4.90 Å². The second kappa shape index (κ2) is 3.79. The van der Waals surface area contributed by atoms with Crippen LogP contribution in [0.2, 0.25) is 0 Å². The van der Waals surface area contributed by atoms with E-state index in [4.69, 9.17) is 0 Å². The highest BCUT2D eigenvalue weighted by Crippen LogP contribution is 2.28. The van der Waals surface area contributed by atoms with Crippen molar-refractivity contribution in [2.75, 3.05) is 13.6 Å². The van der Waals surface area contributed by atoms with Crippen molar-refractivity contribution in [3.63, 3.8) is 0 Å². The molecule has 0 amide bonds. The fraction of sp³-hybridized carbons (Fsp3) is 0.909. The van der Waals surface area contributed by atoms with Crippen LogP contribution in [0, 0.1) is 5.92 Å². The van der Waals surface area contributed by atoms with Crippen molar-refractivity contribution in [1.82, 2.24) is 4.90 Å². The topological polar surface area (TPSA) is 20.3 Å². The average Bonchev–Trinajstić information content (AvgIpc) is 2.88. The Balaban J connectivity index is 1.68. The minimum atomic E-state index is 0.404. The molecule has 13 heavy (non-hydrogen) atoms. The standard InChI is InChI=1S/C11H19NO/c1-12(10-5-6-10)8-7-9-3-2-4-11(9)13/h9-10H,2-8H2,1H3. The molecule has 2 rings (SSSR count). The van der Waals surface area contributed by atoms with Crippen molar-refractivity contribution in [3.05, 3.63) is 0 Å². The highest BCUT2D eigenvalue weighted by molar-refractivity contribution is 5.82. The van der Waals surface area contributed by atoms with Crippen molar-refractivity contribution in [3.8, 4) is 0 Å². The van der Waals surface area contributed by atoms with Crippen molar-refractivity contribution < 1.29 is 4.79 Å². The van der Waals surface area contributed by atoms with Crippen LogP contribution >= 0.6 is 0 Å². The molecule has 2 fully saturated rings. The SMILES string of the molecule is CN(CCC1CCCC1=O)C1CC1. The first-order valence-electron chi connectivity index (χ1n) is 5.50. The molecule has 0 bridgehead atoms. The lowest BCUT2D eigenvalue weighted by atomic mass is 10.0. The molecule has 0 aliphatic heterocycles. The Morgan fingerprint density at radius 2 is 2.15 bits per heavy atom. The largest absolute Gasteiger partial charge is 0.303 e. The van der Waals surface area contributed by atoms with Crippen LogP contribution in [-0.2, 0) is 4.79 Å². The van der Waals surface area contributed by atoms with Gasteiger partial charge in [-0.05, 0) is 45.7 Å². The van der Waals surface area contributed by atoms with E-state index >= 15 is 0 Å². The molecule has 0 N–H and O–H groups in total. The van der Waals surface area contributed by atoms with Crippen LogP contribution in [0.25, 0.3) is 0 Å². The molecule has 0 aromatic heterocycles. The number of carbonyl (C=O) groups excluding carboxylic acids is 1. The van der Waals surface area contributed by atoms with Gasteiger partial charge in [-0.25, -0.2) is 0 Å². The third kappa shape index (κ3) is 2.31. The van der Waals surface area contributed by atoms with E-state index in [0.29, 0.717) is 11.7 Å². The third-order valence-electron chi connectivity index (χ3n) is 3.43. The Bertz CT molecular complexity index is 198. The molecule has 2 saturated carbocycles. The zero-order chi connectivity index (χ0) is 9.26. The lowest BCUT2D eigenvalue weighted by Crippen LogP contribution is -2.24. The Kier molecular flexibility index (Phi) is 2.68. The Morgan fingerprint density at radius 3 is 2.69 bits per heavy atom. The number of carbonyl (C=O) groups is 1. The van der Waals surface area contributed by atoms with Gasteiger partial charge in [0.05, 0.1) is 0 Å². The first-order chi connectivity index (χ1) is 6.27. The van der Waals surface area contributed by atoms with Crippen LogP contribution in [0.3, 0.4) is 0 Å². The molecule has 74 valence electrons. The molecule has 1 atom stereocenters. The van der Waals surface area contributed by atoms with E-state index in [1.54, 1.807) is 0 Å². The molecule has 0 saturated heterocycles. The van der Waals surface area contributed by atoms with Crippen LogP contribution in [0.4, 0.5) is 0 Å². The summed E-state index contributed by atoms with van der Waals surface area (Å²) in [5.74, 6) is 0.922. The molecular formula is C11H19NO. The molecule has 0 aromatic rings. The molecule has 1 unspecified atom stereocenters. The number of rotatable bonds is 4. The Labute approximate surface area is 80.3 Å². The van der Waals surface area contributed by atoms with Gasteiger partial charge in [-0.2, -0.15) is 0 Å². The molecule has 0 radical (unpaired) electrons. The van der Waals surface area contributed by atoms with E-state index < -0.39 is 0 Å². The van der Waals surface area contributed by atoms with Crippen LogP contribution < -0.4 is 0 Å². The second-order valence-corrected chi connectivity index (χ2v) is 4.56. The summed E-state index contributed by atoms with van der Waals surface area (Å²) in [6.07, 6.45) is 6.97. The maximum Gasteiger partial charge on any atom is 0.136 e. The number of hydrogen-bond donors (Lipinski definition) is 0. The molecule has 2 aliphatic carbocycles. The van der Waals surface area contributed by atoms with E-state index in [-0.39, 0.29) is 0 Å². The predicted molar refractivity (Wildman–Crippen MR) is 52.6 cm³/mol. The molecule has 0 heterocycles. The van der Waals surface area contributed by atoms with Gasteiger partial charge in [0.1, 0.15) is 5.78 Å². The lowest BCUT2D eigenvalue weighted by Gasteiger charge is -2.17. The number of hydrogen-bond acceptors (Lipinski definition) is 2. The van der Waals surface area contributed by atoms with Crippen LogP contribution in [0.5, 0.6) is 0 Å². The quantitative estimate of drug-likeness (QED) is 0.659. The lowest BCUT2D eigenvalue weighted by molar-refractivity contribution is -0.120. The van der Waals surface area contributed by atoms with Gasteiger partial charge in [0.15, 0.2) is 0 Å². The second-order valence-electron chi connectivity index (χ2n) is 4.56. The normalized spacial score (nSPS) is 28.8. The van der Waals surface area contributed by atoms with E-state index in [9.17, 15) is 4.79 Å². The summed E-state index contributed by atoms with van der Waals surface area (Å²) in [7, 11) is 2.19.